The normalized spacial score (nSPS) is 16.0. The maximum atomic E-state index is 12.1. The number of aryl methyl sites for hydroxylation is 1. The van der Waals surface area contributed by atoms with Crippen molar-refractivity contribution in [3.63, 3.8) is 0 Å². The molecule has 1 amide bonds. The Morgan fingerprint density at radius 2 is 2.06 bits per heavy atom. The van der Waals surface area contributed by atoms with Crippen LogP contribution in [0.15, 0.2) is 18.2 Å². The minimum Gasteiger partial charge on any atom is -0.349 e. The van der Waals surface area contributed by atoms with Gasteiger partial charge in [0.15, 0.2) is 0 Å². The van der Waals surface area contributed by atoms with Crippen LogP contribution in [0, 0.1) is 18.3 Å². The van der Waals surface area contributed by atoms with Gasteiger partial charge >= 0.3 is 0 Å². The van der Waals surface area contributed by atoms with Crippen LogP contribution < -0.4 is 5.32 Å². The summed E-state index contributed by atoms with van der Waals surface area (Å²) in [7, 11) is 0. The molecule has 2 rings (SSSR count). The number of hydrogen-bond acceptors (Lipinski definition) is 2. The molecule has 1 N–H and O–H groups in total. The molecule has 1 aromatic rings. The number of benzene rings is 1. The molecule has 0 unspecified atom stereocenters. The van der Waals surface area contributed by atoms with E-state index in [1.807, 2.05) is 6.92 Å². The van der Waals surface area contributed by atoms with Crippen LogP contribution in [0.2, 0.25) is 0 Å². The van der Waals surface area contributed by atoms with Gasteiger partial charge in [0.05, 0.1) is 11.6 Å². The van der Waals surface area contributed by atoms with Gasteiger partial charge in [-0.05, 0) is 43.5 Å². The molecular formula is C15H18N2O. The number of nitrogens with one attached hydrogen (secondary N) is 1. The van der Waals surface area contributed by atoms with Crippen molar-refractivity contribution in [3.05, 3.63) is 34.9 Å². The highest BCUT2D eigenvalue weighted by molar-refractivity contribution is 5.94. The first kappa shape index (κ1) is 12.6. The molecule has 1 fully saturated rings. The second kappa shape index (κ2) is 5.68. The maximum Gasteiger partial charge on any atom is 0.251 e. The number of amides is 1. The van der Waals surface area contributed by atoms with Gasteiger partial charge in [-0.25, -0.2) is 0 Å². The minimum absolute atomic E-state index is 0.0190. The van der Waals surface area contributed by atoms with Crippen LogP contribution in [0.1, 0.15) is 53.6 Å². The largest absolute Gasteiger partial charge is 0.349 e. The number of hydrogen-bond donors (Lipinski definition) is 1. The Kier molecular flexibility index (Phi) is 3.99. The Morgan fingerprint density at radius 1 is 1.33 bits per heavy atom. The molecule has 1 aliphatic rings. The fourth-order valence-corrected chi connectivity index (χ4v) is 2.45. The summed E-state index contributed by atoms with van der Waals surface area (Å²) in [5, 5.41) is 11.9. The van der Waals surface area contributed by atoms with Crippen LogP contribution in [-0.4, -0.2) is 11.9 Å². The summed E-state index contributed by atoms with van der Waals surface area (Å²) in [6.45, 7) is 1.86. The van der Waals surface area contributed by atoms with E-state index < -0.39 is 0 Å². The fraction of sp³-hybridized carbons (Fsp3) is 0.467. The zero-order valence-electron chi connectivity index (χ0n) is 10.7. The van der Waals surface area contributed by atoms with Gasteiger partial charge in [-0.15, -0.1) is 0 Å². The van der Waals surface area contributed by atoms with Gasteiger partial charge in [-0.2, -0.15) is 5.26 Å². The summed E-state index contributed by atoms with van der Waals surface area (Å²) in [6.07, 6.45) is 5.86. The second-order valence-electron chi connectivity index (χ2n) is 4.95. The van der Waals surface area contributed by atoms with E-state index in [4.69, 9.17) is 5.26 Å². The molecule has 0 atom stereocenters. The van der Waals surface area contributed by atoms with Crippen molar-refractivity contribution in [2.45, 2.75) is 45.1 Å². The van der Waals surface area contributed by atoms with Crippen LogP contribution in [0.3, 0.4) is 0 Å². The number of nitrogens with zero attached hydrogens (tertiary/aromatic N) is 1. The Morgan fingerprint density at radius 3 is 2.67 bits per heavy atom. The summed E-state index contributed by atoms with van der Waals surface area (Å²) in [5.41, 5.74) is 2.13. The van der Waals surface area contributed by atoms with E-state index in [1.54, 1.807) is 18.2 Å². The van der Waals surface area contributed by atoms with Crippen molar-refractivity contribution in [2.24, 2.45) is 0 Å². The zero-order chi connectivity index (χ0) is 13.0. The lowest BCUT2D eigenvalue weighted by atomic mass is 9.95. The first-order valence-electron chi connectivity index (χ1n) is 6.52. The quantitative estimate of drug-likeness (QED) is 0.866. The third kappa shape index (κ3) is 2.89. The van der Waals surface area contributed by atoms with Gasteiger partial charge in [0.2, 0.25) is 0 Å². The van der Waals surface area contributed by atoms with Crippen LogP contribution in [0.5, 0.6) is 0 Å². The Hall–Kier alpha value is -1.82. The summed E-state index contributed by atoms with van der Waals surface area (Å²) in [5.74, 6) is -0.0190. The van der Waals surface area contributed by atoms with Crippen molar-refractivity contribution in [3.8, 4) is 6.07 Å². The second-order valence-corrected chi connectivity index (χ2v) is 4.95. The van der Waals surface area contributed by atoms with Crippen molar-refractivity contribution in [1.82, 2.24) is 5.32 Å². The predicted octanol–water partition coefficient (Wildman–Crippen LogP) is 2.93. The molecule has 3 nitrogen and oxygen atoms in total. The topological polar surface area (TPSA) is 52.9 Å². The van der Waals surface area contributed by atoms with Crippen molar-refractivity contribution in [2.75, 3.05) is 0 Å². The minimum atomic E-state index is -0.0190. The molecule has 3 heteroatoms. The van der Waals surface area contributed by atoms with Gasteiger partial charge in [0.1, 0.15) is 0 Å². The Balaban J connectivity index is 2.04. The van der Waals surface area contributed by atoms with E-state index in [-0.39, 0.29) is 5.91 Å². The molecule has 1 aromatic carbocycles. The first-order valence-corrected chi connectivity index (χ1v) is 6.52. The van der Waals surface area contributed by atoms with Gasteiger partial charge in [-0.3, -0.25) is 4.79 Å². The molecule has 0 heterocycles. The number of carbonyl (C=O) groups is 1. The Bertz CT molecular complexity index is 482. The number of nitriles is 1. The van der Waals surface area contributed by atoms with E-state index in [1.165, 1.54) is 19.3 Å². The lowest BCUT2D eigenvalue weighted by Gasteiger charge is -2.22. The summed E-state index contributed by atoms with van der Waals surface area (Å²) in [6, 6.07) is 7.66. The third-order valence-corrected chi connectivity index (χ3v) is 3.55. The molecule has 0 bridgehead atoms. The fourth-order valence-electron chi connectivity index (χ4n) is 2.45. The van der Waals surface area contributed by atoms with Crippen molar-refractivity contribution >= 4 is 5.91 Å². The molecule has 0 spiro atoms. The molecule has 1 aliphatic carbocycles. The number of carbonyl (C=O) groups excluding carboxylic acids is 1. The van der Waals surface area contributed by atoms with E-state index in [9.17, 15) is 4.79 Å². The van der Waals surface area contributed by atoms with Crippen LogP contribution in [0.4, 0.5) is 0 Å². The van der Waals surface area contributed by atoms with Gasteiger partial charge in [-0.1, -0.05) is 19.3 Å². The molecule has 18 heavy (non-hydrogen) atoms. The van der Waals surface area contributed by atoms with E-state index >= 15 is 0 Å². The first-order chi connectivity index (χ1) is 8.70. The Labute approximate surface area is 108 Å². The van der Waals surface area contributed by atoms with E-state index in [2.05, 4.69) is 11.4 Å². The monoisotopic (exact) mass is 242 g/mol. The van der Waals surface area contributed by atoms with Crippen molar-refractivity contribution < 1.29 is 4.79 Å². The van der Waals surface area contributed by atoms with Gasteiger partial charge < -0.3 is 5.32 Å². The van der Waals surface area contributed by atoms with E-state index in [0.717, 1.165) is 18.4 Å². The van der Waals surface area contributed by atoms with Crippen molar-refractivity contribution in [1.29, 1.82) is 5.26 Å². The van der Waals surface area contributed by atoms with E-state index in [0.29, 0.717) is 17.2 Å². The highest BCUT2D eigenvalue weighted by Gasteiger charge is 2.16. The van der Waals surface area contributed by atoms with Crippen LogP contribution >= 0.6 is 0 Å². The summed E-state index contributed by atoms with van der Waals surface area (Å²) < 4.78 is 0. The molecule has 0 aromatic heterocycles. The predicted molar refractivity (Wildman–Crippen MR) is 70.2 cm³/mol. The van der Waals surface area contributed by atoms with Crippen LogP contribution in [-0.2, 0) is 0 Å². The summed E-state index contributed by atoms with van der Waals surface area (Å²) >= 11 is 0. The molecule has 94 valence electrons. The van der Waals surface area contributed by atoms with Gasteiger partial charge in [0, 0.05) is 11.6 Å². The summed E-state index contributed by atoms with van der Waals surface area (Å²) in [4.78, 5) is 12.1. The molecular weight excluding hydrogens is 224 g/mol. The molecule has 0 aliphatic heterocycles. The SMILES string of the molecule is Cc1cc(C(=O)NC2CCCCC2)ccc1C#N. The lowest BCUT2D eigenvalue weighted by Crippen LogP contribution is -2.36. The lowest BCUT2D eigenvalue weighted by molar-refractivity contribution is 0.0927. The average Bonchev–Trinajstić information content (AvgIpc) is 2.39. The third-order valence-electron chi connectivity index (χ3n) is 3.55. The highest BCUT2D eigenvalue weighted by atomic mass is 16.1. The average molecular weight is 242 g/mol. The zero-order valence-corrected chi connectivity index (χ0v) is 10.7. The number of rotatable bonds is 2. The molecule has 0 saturated heterocycles. The molecule has 1 saturated carbocycles. The highest BCUT2D eigenvalue weighted by Crippen LogP contribution is 2.18. The maximum absolute atomic E-state index is 12.1. The molecule has 0 radical (unpaired) electrons. The smallest absolute Gasteiger partial charge is 0.251 e. The standard InChI is InChI=1S/C15H18N2O/c1-11-9-12(7-8-13(11)10-16)15(18)17-14-5-3-2-4-6-14/h7-9,14H,2-6H2,1H3,(H,17,18). The van der Waals surface area contributed by atoms with Gasteiger partial charge in [0.25, 0.3) is 5.91 Å². The van der Waals surface area contributed by atoms with Crippen LogP contribution in [0.25, 0.3) is 0 Å².